The number of primary amides is 1. The summed E-state index contributed by atoms with van der Waals surface area (Å²) >= 11 is 0. The first kappa shape index (κ1) is 27.0. The molecule has 0 bridgehead atoms. The van der Waals surface area contributed by atoms with Crippen LogP contribution in [0.1, 0.15) is 62.9 Å². The highest BCUT2D eigenvalue weighted by Crippen LogP contribution is 2.34. The van der Waals surface area contributed by atoms with Crippen molar-refractivity contribution in [1.82, 2.24) is 10.3 Å². The van der Waals surface area contributed by atoms with Gasteiger partial charge in [-0.15, -0.1) is 0 Å². The molecule has 1 aromatic carbocycles. The standard InChI is InChI=1S/C26H36FN5O4/c1-14-10-11-17(12-20(14)35-6)30-23-18(22(28)33)13-19(27)24(32-23)31-21(16-8-7-9-16)15(2)29-25(34)36-26(3,4)5/h10-13,15-16,21H,7-9H2,1-6H3,(H2,28,33)(H,29,34)(H2,30,31,32)/t15-,21-/m0/s1. The maximum absolute atomic E-state index is 15.1. The Morgan fingerprint density at radius 2 is 1.89 bits per heavy atom. The molecule has 36 heavy (non-hydrogen) atoms. The van der Waals surface area contributed by atoms with Crippen molar-refractivity contribution in [2.45, 2.75) is 71.6 Å². The number of aryl methyl sites for hydroxylation is 1. The van der Waals surface area contributed by atoms with Crippen LogP contribution in [0.25, 0.3) is 0 Å². The molecular formula is C26H36FN5O4. The van der Waals surface area contributed by atoms with Gasteiger partial charge in [-0.05, 0) is 71.1 Å². The third-order valence-electron chi connectivity index (χ3n) is 6.16. The van der Waals surface area contributed by atoms with Crippen LogP contribution in [0.2, 0.25) is 0 Å². The molecule has 5 N–H and O–H groups in total. The molecule has 0 aliphatic heterocycles. The van der Waals surface area contributed by atoms with Crippen LogP contribution in [0.5, 0.6) is 5.75 Å². The lowest BCUT2D eigenvalue weighted by Crippen LogP contribution is -2.51. The third kappa shape index (κ3) is 6.77. The number of nitrogens with one attached hydrogen (secondary N) is 3. The number of amides is 2. The van der Waals surface area contributed by atoms with Crippen LogP contribution in [0.15, 0.2) is 24.3 Å². The second-order valence-corrected chi connectivity index (χ2v) is 10.2. The highest BCUT2D eigenvalue weighted by atomic mass is 19.1. The molecular weight excluding hydrogens is 465 g/mol. The van der Waals surface area contributed by atoms with Gasteiger partial charge in [0.1, 0.15) is 17.2 Å². The first-order valence-corrected chi connectivity index (χ1v) is 12.1. The number of aromatic nitrogens is 1. The molecule has 196 valence electrons. The fraction of sp³-hybridized carbons (Fsp3) is 0.500. The van der Waals surface area contributed by atoms with E-state index >= 15 is 4.39 Å². The summed E-state index contributed by atoms with van der Waals surface area (Å²) in [5.74, 6) is -0.610. The van der Waals surface area contributed by atoms with Crippen molar-refractivity contribution in [3.05, 3.63) is 41.2 Å². The van der Waals surface area contributed by atoms with Crippen LogP contribution in [0.3, 0.4) is 0 Å². The number of nitrogens with zero attached hydrogens (tertiary/aromatic N) is 1. The molecule has 10 heteroatoms. The Hall–Kier alpha value is -3.56. The minimum atomic E-state index is -0.815. The van der Waals surface area contributed by atoms with Gasteiger partial charge in [0.25, 0.3) is 5.91 Å². The largest absolute Gasteiger partial charge is 0.496 e. The van der Waals surface area contributed by atoms with Crippen molar-refractivity contribution in [2.24, 2.45) is 11.7 Å². The number of nitrogens with two attached hydrogens (primary N) is 1. The van der Waals surface area contributed by atoms with Crippen molar-refractivity contribution in [2.75, 3.05) is 17.7 Å². The second kappa shape index (κ2) is 11.0. The van der Waals surface area contributed by atoms with Crippen LogP contribution in [-0.2, 0) is 4.74 Å². The molecule has 0 spiro atoms. The zero-order chi connectivity index (χ0) is 26.6. The number of ether oxygens (including phenoxy) is 2. The van der Waals surface area contributed by atoms with E-state index in [0.29, 0.717) is 11.4 Å². The van der Waals surface area contributed by atoms with Gasteiger partial charge in [0.05, 0.1) is 18.7 Å². The maximum atomic E-state index is 15.1. The van der Waals surface area contributed by atoms with Crippen LogP contribution >= 0.6 is 0 Å². The molecule has 1 aromatic heterocycles. The molecule has 2 aromatic rings. The van der Waals surface area contributed by atoms with Crippen molar-refractivity contribution in [1.29, 1.82) is 0 Å². The molecule has 2 atom stereocenters. The average Bonchev–Trinajstić information content (AvgIpc) is 2.73. The van der Waals surface area contributed by atoms with E-state index < -0.39 is 23.4 Å². The summed E-state index contributed by atoms with van der Waals surface area (Å²) in [5.41, 5.74) is 6.32. The van der Waals surface area contributed by atoms with Gasteiger partial charge in [-0.2, -0.15) is 0 Å². The number of carbonyl (C=O) groups is 2. The molecule has 0 saturated heterocycles. The summed E-state index contributed by atoms with van der Waals surface area (Å²) in [6.07, 6.45) is 2.38. The molecule has 3 rings (SSSR count). The number of pyridine rings is 1. The average molecular weight is 502 g/mol. The van der Waals surface area contributed by atoms with Crippen molar-refractivity contribution < 1.29 is 23.5 Å². The fourth-order valence-corrected chi connectivity index (χ4v) is 4.10. The van der Waals surface area contributed by atoms with Crippen LogP contribution in [0.4, 0.5) is 26.5 Å². The Balaban J connectivity index is 1.89. The number of halogens is 1. The smallest absolute Gasteiger partial charge is 0.407 e. The van der Waals surface area contributed by atoms with Gasteiger partial charge in [-0.3, -0.25) is 4.79 Å². The minimum absolute atomic E-state index is 0.0451. The molecule has 9 nitrogen and oxygen atoms in total. The van der Waals surface area contributed by atoms with E-state index in [2.05, 4.69) is 20.9 Å². The Morgan fingerprint density at radius 3 is 2.44 bits per heavy atom. The Bertz CT molecular complexity index is 1110. The number of anilines is 3. The van der Waals surface area contributed by atoms with E-state index in [-0.39, 0.29) is 35.2 Å². The fourth-order valence-electron chi connectivity index (χ4n) is 4.10. The zero-order valence-electron chi connectivity index (χ0n) is 21.7. The molecule has 2 amide bonds. The number of rotatable bonds is 9. The lowest BCUT2D eigenvalue weighted by molar-refractivity contribution is 0.0492. The van der Waals surface area contributed by atoms with Crippen molar-refractivity contribution >= 4 is 29.3 Å². The summed E-state index contributed by atoms with van der Waals surface area (Å²) < 4.78 is 25.8. The number of benzene rings is 1. The Kier molecular flexibility index (Phi) is 8.27. The summed E-state index contributed by atoms with van der Waals surface area (Å²) in [7, 11) is 1.56. The third-order valence-corrected chi connectivity index (χ3v) is 6.16. The first-order valence-electron chi connectivity index (χ1n) is 12.1. The Morgan fingerprint density at radius 1 is 1.19 bits per heavy atom. The normalized spacial score (nSPS) is 15.3. The molecule has 1 saturated carbocycles. The van der Waals surface area contributed by atoms with E-state index in [0.717, 1.165) is 30.9 Å². The molecule has 1 aliphatic rings. The minimum Gasteiger partial charge on any atom is -0.496 e. The highest BCUT2D eigenvalue weighted by Gasteiger charge is 2.34. The van der Waals surface area contributed by atoms with Crippen LogP contribution in [-0.4, -0.2) is 41.8 Å². The lowest BCUT2D eigenvalue weighted by Gasteiger charge is -2.38. The summed E-state index contributed by atoms with van der Waals surface area (Å²) in [6, 6.07) is 5.78. The van der Waals surface area contributed by atoms with E-state index in [4.69, 9.17) is 15.2 Å². The van der Waals surface area contributed by atoms with Gasteiger partial charge in [0.15, 0.2) is 11.6 Å². The van der Waals surface area contributed by atoms with Gasteiger partial charge < -0.3 is 31.2 Å². The topological polar surface area (TPSA) is 128 Å². The predicted octanol–water partition coefficient (Wildman–Crippen LogP) is 4.87. The zero-order valence-corrected chi connectivity index (χ0v) is 21.7. The van der Waals surface area contributed by atoms with Crippen LogP contribution in [0, 0.1) is 18.7 Å². The van der Waals surface area contributed by atoms with Gasteiger partial charge in [0.2, 0.25) is 0 Å². The van der Waals surface area contributed by atoms with Gasteiger partial charge in [0, 0.05) is 17.8 Å². The molecule has 1 heterocycles. The Labute approximate surface area is 211 Å². The quantitative estimate of drug-likeness (QED) is 0.386. The number of hydrogen-bond donors (Lipinski definition) is 4. The SMILES string of the molecule is COc1cc(Nc2nc(N[C@H](C3CCC3)[C@H](C)NC(=O)OC(C)(C)C)c(F)cc2C(N)=O)ccc1C. The van der Waals surface area contributed by atoms with Crippen LogP contribution < -0.4 is 26.4 Å². The molecule has 0 radical (unpaired) electrons. The highest BCUT2D eigenvalue weighted by molar-refractivity contribution is 5.98. The number of hydrogen-bond acceptors (Lipinski definition) is 7. The monoisotopic (exact) mass is 501 g/mol. The van der Waals surface area contributed by atoms with Crippen molar-refractivity contribution in [3.63, 3.8) is 0 Å². The molecule has 1 aliphatic carbocycles. The summed E-state index contributed by atoms with van der Waals surface area (Å²) in [4.78, 5) is 28.8. The van der Waals surface area contributed by atoms with Crippen molar-refractivity contribution in [3.8, 4) is 5.75 Å². The molecule has 0 unspecified atom stereocenters. The predicted molar refractivity (Wildman–Crippen MR) is 137 cm³/mol. The molecule has 1 fully saturated rings. The maximum Gasteiger partial charge on any atom is 0.407 e. The van der Waals surface area contributed by atoms with Gasteiger partial charge in [-0.25, -0.2) is 14.2 Å². The summed E-state index contributed by atoms with van der Waals surface area (Å²) in [5, 5.41) is 9.07. The van der Waals surface area contributed by atoms with E-state index in [1.807, 2.05) is 19.9 Å². The van der Waals surface area contributed by atoms with E-state index in [1.165, 1.54) is 0 Å². The summed E-state index contributed by atoms with van der Waals surface area (Å²) in [6.45, 7) is 9.11. The van der Waals surface area contributed by atoms with Gasteiger partial charge >= 0.3 is 6.09 Å². The number of methoxy groups -OCH3 is 1. The number of alkyl carbamates (subject to hydrolysis) is 1. The second-order valence-electron chi connectivity index (χ2n) is 10.2. The lowest BCUT2D eigenvalue weighted by atomic mass is 9.77. The van der Waals surface area contributed by atoms with Gasteiger partial charge in [-0.1, -0.05) is 12.5 Å². The first-order chi connectivity index (χ1) is 16.9. The van der Waals surface area contributed by atoms with E-state index in [1.54, 1.807) is 40.0 Å². The number of carbonyl (C=O) groups excluding carboxylic acids is 2. The van der Waals surface area contributed by atoms with E-state index in [9.17, 15) is 9.59 Å².